The third-order valence-corrected chi connectivity index (χ3v) is 6.64. The fraction of sp³-hybridized carbons (Fsp3) is 0.440. The maximum Gasteiger partial charge on any atom is 0.162 e. The summed E-state index contributed by atoms with van der Waals surface area (Å²) in [5.41, 5.74) is 2.02. The number of rotatable bonds is 4. The van der Waals surface area contributed by atoms with Gasteiger partial charge in [0.15, 0.2) is 5.82 Å². The predicted octanol–water partition coefficient (Wildman–Crippen LogP) is 4.76. The second kappa shape index (κ2) is 8.60. The van der Waals surface area contributed by atoms with Crippen LogP contribution in [0.1, 0.15) is 32.1 Å². The molecule has 0 atom stereocenters. The van der Waals surface area contributed by atoms with Gasteiger partial charge in [-0.15, -0.1) is 0 Å². The van der Waals surface area contributed by atoms with Crippen molar-refractivity contribution >= 4 is 16.7 Å². The summed E-state index contributed by atoms with van der Waals surface area (Å²) >= 11 is 0. The zero-order chi connectivity index (χ0) is 20.3. The SMILES string of the molecule is COc1ccc(-c2nc(N3CCN(C4CCCCC4)CC3)c3ccccc3n2)cc1. The van der Waals surface area contributed by atoms with Crippen molar-refractivity contribution in [2.45, 2.75) is 38.1 Å². The highest BCUT2D eigenvalue weighted by Gasteiger charge is 2.26. The summed E-state index contributed by atoms with van der Waals surface area (Å²) in [6.45, 7) is 4.31. The molecule has 5 heteroatoms. The van der Waals surface area contributed by atoms with Gasteiger partial charge in [-0.25, -0.2) is 9.97 Å². The molecule has 0 bridgehead atoms. The summed E-state index contributed by atoms with van der Waals surface area (Å²) in [4.78, 5) is 15.1. The standard InChI is InChI=1S/C25H30N4O/c1-30-21-13-11-19(12-14-21)24-26-23-10-6-5-9-22(23)25(27-24)29-17-15-28(16-18-29)20-7-3-2-4-8-20/h5-6,9-14,20H,2-4,7-8,15-18H2,1H3. The molecular formula is C25H30N4O. The van der Waals surface area contributed by atoms with Crippen LogP contribution < -0.4 is 9.64 Å². The number of hydrogen-bond acceptors (Lipinski definition) is 5. The minimum atomic E-state index is 0.779. The molecule has 0 N–H and O–H groups in total. The first-order valence-corrected chi connectivity index (χ1v) is 11.2. The molecule has 1 saturated heterocycles. The van der Waals surface area contributed by atoms with Gasteiger partial charge in [0.2, 0.25) is 0 Å². The molecule has 0 unspecified atom stereocenters. The van der Waals surface area contributed by atoms with Gasteiger partial charge in [0.05, 0.1) is 12.6 Å². The topological polar surface area (TPSA) is 41.5 Å². The van der Waals surface area contributed by atoms with E-state index in [2.05, 4.69) is 34.1 Å². The minimum Gasteiger partial charge on any atom is -0.497 e. The number of nitrogens with zero attached hydrogens (tertiary/aromatic N) is 4. The Kier molecular flexibility index (Phi) is 5.54. The Bertz CT molecular complexity index is 990. The second-order valence-corrected chi connectivity index (χ2v) is 8.43. The summed E-state index contributed by atoms with van der Waals surface area (Å²) in [7, 11) is 1.69. The zero-order valence-corrected chi connectivity index (χ0v) is 17.8. The first kappa shape index (κ1) is 19.3. The highest BCUT2D eigenvalue weighted by Crippen LogP contribution is 2.30. The number of methoxy groups -OCH3 is 1. The van der Waals surface area contributed by atoms with Crippen LogP contribution in [0.3, 0.4) is 0 Å². The van der Waals surface area contributed by atoms with Crippen molar-refractivity contribution in [1.29, 1.82) is 0 Å². The minimum absolute atomic E-state index is 0.779. The van der Waals surface area contributed by atoms with Crippen molar-refractivity contribution in [3.8, 4) is 17.1 Å². The van der Waals surface area contributed by atoms with E-state index in [9.17, 15) is 0 Å². The maximum atomic E-state index is 5.30. The Morgan fingerprint density at radius 1 is 0.833 bits per heavy atom. The fourth-order valence-electron chi connectivity index (χ4n) is 4.92. The van der Waals surface area contributed by atoms with Crippen LogP contribution in [0.15, 0.2) is 48.5 Å². The van der Waals surface area contributed by atoms with E-state index in [0.717, 1.165) is 66.1 Å². The lowest BCUT2D eigenvalue weighted by atomic mass is 9.94. The zero-order valence-electron chi connectivity index (χ0n) is 17.8. The average Bonchev–Trinajstić information content (AvgIpc) is 2.84. The van der Waals surface area contributed by atoms with Gasteiger partial charge in [-0.3, -0.25) is 4.90 Å². The number of fused-ring (bicyclic) bond motifs is 1. The maximum absolute atomic E-state index is 5.30. The second-order valence-electron chi connectivity index (χ2n) is 8.43. The molecule has 2 heterocycles. The van der Waals surface area contributed by atoms with Crippen molar-refractivity contribution in [1.82, 2.24) is 14.9 Å². The largest absolute Gasteiger partial charge is 0.497 e. The number of para-hydroxylation sites is 1. The molecule has 1 saturated carbocycles. The number of anilines is 1. The van der Waals surface area contributed by atoms with Crippen molar-refractivity contribution in [2.24, 2.45) is 0 Å². The van der Waals surface area contributed by atoms with Crippen LogP contribution >= 0.6 is 0 Å². The van der Waals surface area contributed by atoms with E-state index < -0.39 is 0 Å². The van der Waals surface area contributed by atoms with Crippen LogP contribution in [0.2, 0.25) is 0 Å². The summed E-state index contributed by atoms with van der Waals surface area (Å²) in [5.74, 6) is 2.69. The van der Waals surface area contributed by atoms with Crippen LogP contribution in [0.25, 0.3) is 22.3 Å². The number of hydrogen-bond donors (Lipinski definition) is 0. The smallest absolute Gasteiger partial charge is 0.162 e. The molecule has 0 radical (unpaired) electrons. The Morgan fingerprint density at radius 2 is 1.57 bits per heavy atom. The lowest BCUT2D eigenvalue weighted by molar-refractivity contribution is 0.148. The van der Waals surface area contributed by atoms with E-state index in [4.69, 9.17) is 14.7 Å². The Hall–Kier alpha value is -2.66. The molecule has 2 fully saturated rings. The molecule has 5 rings (SSSR count). The van der Waals surface area contributed by atoms with E-state index in [-0.39, 0.29) is 0 Å². The molecule has 5 nitrogen and oxygen atoms in total. The third kappa shape index (κ3) is 3.86. The van der Waals surface area contributed by atoms with Crippen LogP contribution in [-0.2, 0) is 0 Å². The van der Waals surface area contributed by atoms with E-state index in [0.29, 0.717) is 0 Å². The third-order valence-electron chi connectivity index (χ3n) is 6.64. The van der Waals surface area contributed by atoms with Crippen molar-refractivity contribution in [3.05, 3.63) is 48.5 Å². The van der Waals surface area contributed by atoms with Crippen LogP contribution in [0, 0.1) is 0 Å². The summed E-state index contributed by atoms with van der Waals surface area (Å²) in [6, 6.07) is 17.2. The molecule has 2 aromatic carbocycles. The van der Waals surface area contributed by atoms with Crippen molar-refractivity contribution < 1.29 is 4.74 Å². The van der Waals surface area contributed by atoms with Gasteiger partial charge in [-0.1, -0.05) is 31.4 Å². The molecule has 1 aromatic heterocycles. The van der Waals surface area contributed by atoms with E-state index in [1.807, 2.05) is 24.3 Å². The normalized spacial score (nSPS) is 18.6. The van der Waals surface area contributed by atoms with Gasteiger partial charge >= 0.3 is 0 Å². The summed E-state index contributed by atoms with van der Waals surface area (Å²) in [6.07, 6.45) is 6.95. The van der Waals surface area contributed by atoms with E-state index in [1.54, 1.807) is 7.11 Å². The number of piperazine rings is 1. The van der Waals surface area contributed by atoms with Gasteiger partial charge in [0, 0.05) is 43.2 Å². The highest BCUT2D eigenvalue weighted by molar-refractivity contribution is 5.91. The molecule has 30 heavy (non-hydrogen) atoms. The molecule has 3 aromatic rings. The van der Waals surface area contributed by atoms with Gasteiger partial charge in [0.1, 0.15) is 11.6 Å². The predicted molar refractivity (Wildman–Crippen MR) is 122 cm³/mol. The Balaban J connectivity index is 1.43. The molecule has 0 amide bonds. The molecule has 156 valence electrons. The summed E-state index contributed by atoms with van der Waals surface area (Å²) < 4.78 is 5.30. The lowest BCUT2D eigenvalue weighted by Gasteiger charge is -2.41. The van der Waals surface area contributed by atoms with E-state index in [1.165, 1.54) is 32.1 Å². The van der Waals surface area contributed by atoms with Gasteiger partial charge < -0.3 is 9.64 Å². The van der Waals surface area contributed by atoms with Crippen LogP contribution in [-0.4, -0.2) is 54.2 Å². The Morgan fingerprint density at radius 3 is 2.30 bits per heavy atom. The number of aromatic nitrogens is 2. The van der Waals surface area contributed by atoms with Crippen LogP contribution in [0.4, 0.5) is 5.82 Å². The van der Waals surface area contributed by atoms with Crippen molar-refractivity contribution in [3.63, 3.8) is 0 Å². The van der Waals surface area contributed by atoms with Crippen LogP contribution in [0.5, 0.6) is 5.75 Å². The quantitative estimate of drug-likeness (QED) is 0.629. The number of ether oxygens (including phenoxy) is 1. The lowest BCUT2D eigenvalue weighted by Crippen LogP contribution is -2.51. The molecule has 0 spiro atoms. The highest BCUT2D eigenvalue weighted by atomic mass is 16.5. The fourth-order valence-corrected chi connectivity index (χ4v) is 4.92. The molecular weight excluding hydrogens is 372 g/mol. The van der Waals surface area contributed by atoms with Gasteiger partial charge in [-0.05, 0) is 49.2 Å². The number of benzene rings is 2. The average molecular weight is 403 g/mol. The summed E-state index contributed by atoms with van der Waals surface area (Å²) in [5, 5.41) is 1.14. The molecule has 1 aliphatic heterocycles. The first-order chi connectivity index (χ1) is 14.8. The first-order valence-electron chi connectivity index (χ1n) is 11.2. The van der Waals surface area contributed by atoms with E-state index >= 15 is 0 Å². The van der Waals surface area contributed by atoms with Gasteiger partial charge in [-0.2, -0.15) is 0 Å². The van der Waals surface area contributed by atoms with Crippen molar-refractivity contribution in [2.75, 3.05) is 38.2 Å². The Labute approximate surface area is 178 Å². The molecule has 2 aliphatic rings. The molecule has 1 aliphatic carbocycles. The monoisotopic (exact) mass is 402 g/mol. The van der Waals surface area contributed by atoms with Gasteiger partial charge in [0.25, 0.3) is 0 Å².